The van der Waals surface area contributed by atoms with Crippen LogP contribution >= 0.6 is 0 Å². The minimum atomic E-state index is -0.165. The molecule has 0 bridgehead atoms. The van der Waals surface area contributed by atoms with Crippen molar-refractivity contribution < 1.29 is 4.74 Å². The van der Waals surface area contributed by atoms with E-state index >= 15 is 0 Å². The zero-order valence-electron chi connectivity index (χ0n) is 9.77. The molecule has 88 valence electrons. The summed E-state index contributed by atoms with van der Waals surface area (Å²) in [5.74, 6) is 1.89. The van der Waals surface area contributed by atoms with Crippen molar-refractivity contribution in [1.82, 2.24) is 9.97 Å². The molecule has 4 heteroatoms. The van der Waals surface area contributed by atoms with Crippen molar-refractivity contribution in [2.75, 3.05) is 0 Å². The van der Waals surface area contributed by atoms with E-state index in [-0.39, 0.29) is 11.7 Å². The van der Waals surface area contributed by atoms with Crippen LogP contribution in [0.3, 0.4) is 0 Å². The SMILES string of the molecule is CC1CCC(Oc2cc(=O)[nH]cn2)CC1C. The van der Waals surface area contributed by atoms with E-state index in [1.54, 1.807) is 0 Å². The molecule has 0 saturated heterocycles. The molecule has 16 heavy (non-hydrogen) atoms. The lowest BCUT2D eigenvalue weighted by Crippen LogP contribution is -2.29. The maximum absolute atomic E-state index is 11.1. The van der Waals surface area contributed by atoms with Crippen molar-refractivity contribution in [3.8, 4) is 5.88 Å². The molecule has 0 aliphatic heterocycles. The lowest BCUT2D eigenvalue weighted by Gasteiger charge is -2.31. The molecule has 4 nitrogen and oxygen atoms in total. The predicted octanol–water partition coefficient (Wildman–Crippen LogP) is 1.97. The van der Waals surface area contributed by atoms with Crippen LogP contribution in [0.1, 0.15) is 33.1 Å². The Morgan fingerprint density at radius 1 is 1.38 bits per heavy atom. The van der Waals surface area contributed by atoms with Gasteiger partial charge in [-0.3, -0.25) is 4.79 Å². The monoisotopic (exact) mass is 222 g/mol. The van der Waals surface area contributed by atoms with Gasteiger partial charge in [0.25, 0.3) is 5.56 Å². The topological polar surface area (TPSA) is 55.0 Å². The van der Waals surface area contributed by atoms with Crippen LogP contribution in [0.5, 0.6) is 5.88 Å². The van der Waals surface area contributed by atoms with Gasteiger partial charge in [-0.2, -0.15) is 0 Å². The van der Waals surface area contributed by atoms with E-state index in [9.17, 15) is 4.79 Å². The van der Waals surface area contributed by atoms with Gasteiger partial charge in [0, 0.05) is 0 Å². The highest BCUT2D eigenvalue weighted by Crippen LogP contribution is 2.31. The van der Waals surface area contributed by atoms with Crippen LogP contribution in [0.2, 0.25) is 0 Å². The molecule has 2 rings (SSSR count). The lowest BCUT2D eigenvalue weighted by molar-refractivity contribution is 0.0962. The van der Waals surface area contributed by atoms with E-state index in [0.29, 0.717) is 11.8 Å². The first-order valence-corrected chi connectivity index (χ1v) is 5.86. The molecule has 3 unspecified atom stereocenters. The smallest absolute Gasteiger partial charge is 0.254 e. The number of nitrogens with zero attached hydrogens (tertiary/aromatic N) is 1. The van der Waals surface area contributed by atoms with Crippen LogP contribution in [0.15, 0.2) is 17.2 Å². The van der Waals surface area contributed by atoms with Crippen LogP contribution in [0.25, 0.3) is 0 Å². The molecule has 1 aliphatic rings. The van der Waals surface area contributed by atoms with Crippen LogP contribution in [0, 0.1) is 11.8 Å². The van der Waals surface area contributed by atoms with Crippen molar-refractivity contribution in [2.24, 2.45) is 11.8 Å². The third-order valence-corrected chi connectivity index (χ3v) is 3.49. The zero-order valence-corrected chi connectivity index (χ0v) is 9.77. The summed E-state index contributed by atoms with van der Waals surface area (Å²) >= 11 is 0. The van der Waals surface area contributed by atoms with Crippen LogP contribution in [-0.2, 0) is 0 Å². The molecule has 0 amide bonds. The Morgan fingerprint density at radius 2 is 2.19 bits per heavy atom. The minimum absolute atomic E-state index is 0.165. The second kappa shape index (κ2) is 4.68. The fraction of sp³-hybridized carbons (Fsp3) is 0.667. The first-order valence-electron chi connectivity index (χ1n) is 5.86. The summed E-state index contributed by atoms with van der Waals surface area (Å²) in [5.41, 5.74) is -0.165. The van der Waals surface area contributed by atoms with Gasteiger partial charge in [0.1, 0.15) is 6.10 Å². The summed E-state index contributed by atoms with van der Waals surface area (Å²) < 4.78 is 5.72. The second-order valence-corrected chi connectivity index (χ2v) is 4.76. The molecule has 1 aliphatic carbocycles. The van der Waals surface area contributed by atoms with Gasteiger partial charge in [-0.1, -0.05) is 13.8 Å². The highest BCUT2D eigenvalue weighted by atomic mass is 16.5. The molecule has 3 atom stereocenters. The van der Waals surface area contributed by atoms with Gasteiger partial charge >= 0.3 is 0 Å². The normalized spacial score (nSPS) is 30.0. The molecular weight excluding hydrogens is 204 g/mol. The van der Waals surface area contributed by atoms with E-state index in [2.05, 4.69) is 23.8 Å². The highest BCUT2D eigenvalue weighted by Gasteiger charge is 2.25. The van der Waals surface area contributed by atoms with E-state index in [1.165, 1.54) is 18.8 Å². The summed E-state index contributed by atoms with van der Waals surface area (Å²) in [6.07, 6.45) is 4.89. The molecule has 0 aromatic carbocycles. The standard InChI is InChI=1S/C12H18N2O2/c1-8-3-4-10(5-9(8)2)16-12-6-11(15)13-7-14-12/h6-10H,3-5H2,1-2H3,(H,13,14,15). The third kappa shape index (κ3) is 2.62. The lowest BCUT2D eigenvalue weighted by atomic mass is 9.80. The van der Waals surface area contributed by atoms with Gasteiger partial charge in [0.15, 0.2) is 0 Å². The fourth-order valence-corrected chi connectivity index (χ4v) is 2.19. The minimum Gasteiger partial charge on any atom is -0.474 e. The van der Waals surface area contributed by atoms with Gasteiger partial charge in [-0.05, 0) is 31.1 Å². The largest absolute Gasteiger partial charge is 0.474 e. The van der Waals surface area contributed by atoms with E-state index in [1.807, 2.05) is 0 Å². The Bertz CT molecular complexity index is 402. The molecule has 1 N–H and O–H groups in total. The number of ether oxygens (including phenoxy) is 1. The molecule has 0 radical (unpaired) electrons. The van der Waals surface area contributed by atoms with Crippen molar-refractivity contribution in [3.63, 3.8) is 0 Å². The molecular formula is C12H18N2O2. The first kappa shape index (κ1) is 11.2. The fourth-order valence-electron chi connectivity index (χ4n) is 2.19. The van der Waals surface area contributed by atoms with Crippen LogP contribution in [-0.4, -0.2) is 16.1 Å². The number of aromatic amines is 1. The van der Waals surface area contributed by atoms with Crippen molar-refractivity contribution in [3.05, 3.63) is 22.7 Å². The quantitative estimate of drug-likeness (QED) is 0.832. The molecule has 1 aromatic rings. The van der Waals surface area contributed by atoms with Gasteiger partial charge < -0.3 is 9.72 Å². The maximum atomic E-state index is 11.1. The van der Waals surface area contributed by atoms with Crippen molar-refractivity contribution in [2.45, 2.75) is 39.2 Å². The number of nitrogens with one attached hydrogen (secondary N) is 1. The summed E-state index contributed by atoms with van der Waals surface area (Å²) in [6, 6.07) is 1.41. The number of aromatic nitrogens is 2. The highest BCUT2D eigenvalue weighted by molar-refractivity contribution is 5.05. The third-order valence-electron chi connectivity index (χ3n) is 3.49. The number of H-pyrrole nitrogens is 1. The van der Waals surface area contributed by atoms with Crippen LogP contribution in [0.4, 0.5) is 0 Å². The average Bonchev–Trinajstić information content (AvgIpc) is 2.24. The van der Waals surface area contributed by atoms with E-state index in [0.717, 1.165) is 18.8 Å². The molecule has 1 heterocycles. The number of hydrogen-bond donors (Lipinski definition) is 1. The summed E-state index contributed by atoms with van der Waals surface area (Å²) in [6.45, 7) is 4.54. The Kier molecular flexibility index (Phi) is 3.27. The molecule has 1 aromatic heterocycles. The Morgan fingerprint density at radius 3 is 2.88 bits per heavy atom. The molecule has 1 saturated carbocycles. The Hall–Kier alpha value is -1.32. The van der Waals surface area contributed by atoms with Gasteiger partial charge in [0.05, 0.1) is 12.4 Å². The first-order chi connectivity index (χ1) is 7.65. The Balaban J connectivity index is 1.98. The number of rotatable bonds is 2. The van der Waals surface area contributed by atoms with Gasteiger partial charge in [-0.15, -0.1) is 0 Å². The summed E-state index contributed by atoms with van der Waals surface area (Å²) in [5, 5.41) is 0. The Labute approximate surface area is 95.1 Å². The summed E-state index contributed by atoms with van der Waals surface area (Å²) in [7, 11) is 0. The van der Waals surface area contributed by atoms with E-state index in [4.69, 9.17) is 4.74 Å². The maximum Gasteiger partial charge on any atom is 0.254 e. The predicted molar refractivity (Wildman–Crippen MR) is 61.5 cm³/mol. The van der Waals surface area contributed by atoms with Crippen molar-refractivity contribution in [1.29, 1.82) is 0 Å². The van der Waals surface area contributed by atoms with Crippen molar-refractivity contribution >= 4 is 0 Å². The zero-order chi connectivity index (χ0) is 11.5. The summed E-state index contributed by atoms with van der Waals surface area (Å²) in [4.78, 5) is 17.6. The average molecular weight is 222 g/mol. The molecule has 1 fully saturated rings. The second-order valence-electron chi connectivity index (χ2n) is 4.76. The molecule has 0 spiro atoms. The number of hydrogen-bond acceptors (Lipinski definition) is 3. The van der Waals surface area contributed by atoms with Gasteiger partial charge in [-0.25, -0.2) is 4.98 Å². The van der Waals surface area contributed by atoms with Gasteiger partial charge in [0.2, 0.25) is 5.88 Å². The van der Waals surface area contributed by atoms with Crippen LogP contribution < -0.4 is 10.3 Å². The van der Waals surface area contributed by atoms with E-state index < -0.39 is 0 Å².